The van der Waals surface area contributed by atoms with Crippen molar-refractivity contribution in [2.45, 2.75) is 65.0 Å². The standard InChI is InChI=1S/C15H32N2O/c1-5-16-15(4,12-18)8-6-9-17-10-7-13(2)11-14(17)3/h13-14,16,18H,5-12H2,1-4H3. The van der Waals surface area contributed by atoms with Crippen molar-refractivity contribution < 1.29 is 5.11 Å². The number of hydrogen-bond acceptors (Lipinski definition) is 3. The molecule has 3 unspecified atom stereocenters. The van der Waals surface area contributed by atoms with E-state index >= 15 is 0 Å². The molecule has 1 saturated heterocycles. The highest BCUT2D eigenvalue weighted by atomic mass is 16.3. The van der Waals surface area contributed by atoms with Gasteiger partial charge in [0.2, 0.25) is 0 Å². The monoisotopic (exact) mass is 256 g/mol. The minimum absolute atomic E-state index is 0.0962. The highest BCUT2D eigenvalue weighted by Gasteiger charge is 2.25. The van der Waals surface area contributed by atoms with E-state index in [4.69, 9.17) is 0 Å². The van der Waals surface area contributed by atoms with E-state index in [9.17, 15) is 5.11 Å². The normalized spacial score (nSPS) is 29.2. The van der Waals surface area contributed by atoms with Crippen molar-refractivity contribution in [1.29, 1.82) is 0 Å². The van der Waals surface area contributed by atoms with E-state index in [2.05, 4.69) is 37.9 Å². The van der Waals surface area contributed by atoms with E-state index in [1.54, 1.807) is 0 Å². The van der Waals surface area contributed by atoms with Gasteiger partial charge in [-0.05, 0) is 65.1 Å². The lowest BCUT2D eigenvalue weighted by Crippen LogP contribution is -2.47. The van der Waals surface area contributed by atoms with E-state index < -0.39 is 0 Å². The molecule has 0 aliphatic carbocycles. The van der Waals surface area contributed by atoms with E-state index in [0.717, 1.165) is 24.9 Å². The molecule has 0 saturated carbocycles. The van der Waals surface area contributed by atoms with Crippen LogP contribution in [0.2, 0.25) is 0 Å². The predicted molar refractivity (Wildman–Crippen MR) is 77.8 cm³/mol. The van der Waals surface area contributed by atoms with Crippen LogP contribution in [0.15, 0.2) is 0 Å². The third kappa shape index (κ3) is 4.87. The number of likely N-dealkylation sites (N-methyl/N-ethyl adjacent to an activating group) is 1. The first-order chi connectivity index (χ1) is 8.50. The van der Waals surface area contributed by atoms with Crippen LogP contribution in [-0.2, 0) is 0 Å². The molecule has 1 aliphatic rings. The van der Waals surface area contributed by atoms with Crippen LogP contribution >= 0.6 is 0 Å². The number of aliphatic hydroxyl groups is 1. The lowest BCUT2D eigenvalue weighted by atomic mass is 9.92. The summed E-state index contributed by atoms with van der Waals surface area (Å²) in [4.78, 5) is 2.61. The fourth-order valence-corrected chi connectivity index (χ4v) is 3.11. The zero-order chi connectivity index (χ0) is 13.6. The maximum atomic E-state index is 9.46. The van der Waals surface area contributed by atoms with Crippen LogP contribution in [0.1, 0.15) is 53.4 Å². The Hall–Kier alpha value is -0.120. The molecular formula is C15H32N2O. The number of piperidine rings is 1. The van der Waals surface area contributed by atoms with Gasteiger partial charge in [-0.2, -0.15) is 0 Å². The Balaban J connectivity index is 2.28. The molecule has 1 heterocycles. The molecular weight excluding hydrogens is 224 g/mol. The Morgan fingerprint density at radius 3 is 2.67 bits per heavy atom. The summed E-state index contributed by atoms with van der Waals surface area (Å²) in [7, 11) is 0. The van der Waals surface area contributed by atoms with Crippen LogP contribution in [0.4, 0.5) is 0 Å². The third-order valence-corrected chi connectivity index (χ3v) is 4.40. The van der Waals surface area contributed by atoms with Crippen molar-refractivity contribution >= 4 is 0 Å². The lowest BCUT2D eigenvalue weighted by molar-refractivity contribution is 0.115. The molecule has 3 atom stereocenters. The highest BCUT2D eigenvalue weighted by Crippen LogP contribution is 2.23. The van der Waals surface area contributed by atoms with Gasteiger partial charge in [0.25, 0.3) is 0 Å². The Morgan fingerprint density at radius 1 is 1.39 bits per heavy atom. The number of hydrogen-bond donors (Lipinski definition) is 2. The SMILES string of the molecule is CCNC(C)(CO)CCCN1CCC(C)CC1C. The van der Waals surface area contributed by atoms with Crippen molar-refractivity contribution in [3.63, 3.8) is 0 Å². The smallest absolute Gasteiger partial charge is 0.0610 e. The zero-order valence-corrected chi connectivity index (χ0v) is 12.7. The molecule has 0 bridgehead atoms. The second-order valence-corrected chi connectivity index (χ2v) is 6.37. The van der Waals surface area contributed by atoms with Crippen LogP contribution in [0.25, 0.3) is 0 Å². The average Bonchev–Trinajstić information content (AvgIpc) is 2.32. The molecule has 3 heteroatoms. The topological polar surface area (TPSA) is 35.5 Å². The molecule has 108 valence electrons. The molecule has 0 aromatic heterocycles. The van der Waals surface area contributed by atoms with E-state index in [1.807, 2.05) is 0 Å². The molecule has 0 aromatic carbocycles. The summed E-state index contributed by atoms with van der Waals surface area (Å²) in [5.74, 6) is 0.890. The predicted octanol–water partition coefficient (Wildman–Crippen LogP) is 2.25. The summed E-state index contributed by atoms with van der Waals surface area (Å²) >= 11 is 0. The summed E-state index contributed by atoms with van der Waals surface area (Å²) in [6.07, 6.45) is 4.90. The van der Waals surface area contributed by atoms with Crippen LogP contribution < -0.4 is 5.32 Å². The molecule has 3 nitrogen and oxygen atoms in total. The van der Waals surface area contributed by atoms with Gasteiger partial charge >= 0.3 is 0 Å². The van der Waals surface area contributed by atoms with Gasteiger partial charge in [0, 0.05) is 11.6 Å². The molecule has 0 aromatic rings. The van der Waals surface area contributed by atoms with Gasteiger partial charge in [-0.1, -0.05) is 13.8 Å². The van der Waals surface area contributed by atoms with Crippen LogP contribution in [0.3, 0.4) is 0 Å². The van der Waals surface area contributed by atoms with Gasteiger partial charge in [0.1, 0.15) is 0 Å². The van der Waals surface area contributed by atoms with Gasteiger partial charge in [0.15, 0.2) is 0 Å². The van der Waals surface area contributed by atoms with Crippen LogP contribution in [0.5, 0.6) is 0 Å². The number of aliphatic hydroxyl groups excluding tert-OH is 1. The summed E-state index contributed by atoms with van der Waals surface area (Å²) in [6.45, 7) is 12.5. The molecule has 1 fully saturated rings. The van der Waals surface area contributed by atoms with Gasteiger partial charge < -0.3 is 15.3 Å². The van der Waals surface area contributed by atoms with Crippen molar-refractivity contribution in [1.82, 2.24) is 10.2 Å². The largest absolute Gasteiger partial charge is 0.394 e. The zero-order valence-electron chi connectivity index (χ0n) is 12.7. The molecule has 0 radical (unpaired) electrons. The lowest BCUT2D eigenvalue weighted by Gasteiger charge is -2.37. The van der Waals surface area contributed by atoms with Crippen LogP contribution in [0, 0.1) is 5.92 Å². The fraction of sp³-hybridized carbons (Fsp3) is 1.00. The maximum Gasteiger partial charge on any atom is 0.0610 e. The van der Waals surface area contributed by atoms with E-state index in [0.29, 0.717) is 0 Å². The second kappa shape index (κ2) is 7.46. The molecule has 0 spiro atoms. The molecule has 1 aliphatic heterocycles. The second-order valence-electron chi connectivity index (χ2n) is 6.37. The van der Waals surface area contributed by atoms with E-state index in [1.165, 1.54) is 32.4 Å². The van der Waals surface area contributed by atoms with Crippen LogP contribution in [-0.4, -0.2) is 47.8 Å². The quantitative estimate of drug-likeness (QED) is 0.733. The van der Waals surface area contributed by atoms with Crippen molar-refractivity contribution in [2.24, 2.45) is 5.92 Å². The summed E-state index contributed by atoms with van der Waals surface area (Å²) in [5, 5.41) is 12.9. The van der Waals surface area contributed by atoms with E-state index in [-0.39, 0.29) is 12.1 Å². The first-order valence-electron chi connectivity index (χ1n) is 7.60. The molecule has 2 N–H and O–H groups in total. The van der Waals surface area contributed by atoms with Crippen molar-refractivity contribution in [3.05, 3.63) is 0 Å². The maximum absolute atomic E-state index is 9.46. The average molecular weight is 256 g/mol. The van der Waals surface area contributed by atoms with Gasteiger partial charge in [-0.3, -0.25) is 0 Å². The third-order valence-electron chi connectivity index (χ3n) is 4.40. The molecule has 0 amide bonds. The fourth-order valence-electron chi connectivity index (χ4n) is 3.11. The molecule has 18 heavy (non-hydrogen) atoms. The number of likely N-dealkylation sites (tertiary alicyclic amines) is 1. The first-order valence-corrected chi connectivity index (χ1v) is 7.60. The number of rotatable bonds is 7. The minimum atomic E-state index is -0.0962. The summed E-state index contributed by atoms with van der Waals surface area (Å²) in [6, 6.07) is 0.730. The number of nitrogens with one attached hydrogen (secondary N) is 1. The Morgan fingerprint density at radius 2 is 2.11 bits per heavy atom. The summed E-state index contributed by atoms with van der Waals surface area (Å²) < 4.78 is 0. The minimum Gasteiger partial charge on any atom is -0.394 e. The Bertz CT molecular complexity index is 235. The first kappa shape index (κ1) is 15.9. The Kier molecular flexibility index (Phi) is 6.61. The van der Waals surface area contributed by atoms with Gasteiger partial charge in [0.05, 0.1) is 6.61 Å². The molecule has 1 rings (SSSR count). The summed E-state index contributed by atoms with van der Waals surface area (Å²) in [5.41, 5.74) is -0.0962. The van der Waals surface area contributed by atoms with Gasteiger partial charge in [-0.15, -0.1) is 0 Å². The van der Waals surface area contributed by atoms with Crippen molar-refractivity contribution in [3.8, 4) is 0 Å². The number of nitrogens with zero attached hydrogens (tertiary/aromatic N) is 1. The Labute approximate surface area is 113 Å². The van der Waals surface area contributed by atoms with Gasteiger partial charge in [-0.25, -0.2) is 0 Å². The van der Waals surface area contributed by atoms with Crippen molar-refractivity contribution in [2.75, 3.05) is 26.2 Å². The highest BCUT2D eigenvalue weighted by molar-refractivity contribution is 4.83.